The molecule has 0 bridgehead atoms. The van der Waals surface area contributed by atoms with Crippen molar-refractivity contribution in [2.45, 2.75) is 13.0 Å². The van der Waals surface area contributed by atoms with E-state index in [1.165, 1.54) is 11.9 Å². The van der Waals surface area contributed by atoms with Gasteiger partial charge in [-0.05, 0) is 5.56 Å². The van der Waals surface area contributed by atoms with Crippen LogP contribution in [-0.4, -0.2) is 29.9 Å². The SMILES string of the molecule is c1ccc(Cc2n[nH]c(Cn3cncn3)n2)cc1. The third-order valence-electron chi connectivity index (χ3n) is 2.56. The highest BCUT2D eigenvalue weighted by Crippen LogP contribution is 2.05. The molecule has 0 aliphatic rings. The Bertz CT molecular complexity index is 599. The highest BCUT2D eigenvalue weighted by atomic mass is 15.3. The minimum Gasteiger partial charge on any atom is -0.261 e. The van der Waals surface area contributed by atoms with E-state index >= 15 is 0 Å². The second-order valence-electron chi connectivity index (χ2n) is 3.95. The number of hydrogen-bond acceptors (Lipinski definition) is 4. The number of H-pyrrole nitrogens is 1. The van der Waals surface area contributed by atoms with Crippen LogP contribution in [0.2, 0.25) is 0 Å². The smallest absolute Gasteiger partial charge is 0.155 e. The third-order valence-corrected chi connectivity index (χ3v) is 2.56. The van der Waals surface area contributed by atoms with Crippen molar-refractivity contribution in [1.82, 2.24) is 29.9 Å². The summed E-state index contributed by atoms with van der Waals surface area (Å²) in [6.07, 6.45) is 3.88. The Morgan fingerprint density at radius 3 is 2.83 bits per heavy atom. The summed E-state index contributed by atoms with van der Waals surface area (Å²) >= 11 is 0. The highest BCUT2D eigenvalue weighted by Gasteiger charge is 2.05. The number of rotatable bonds is 4. The average molecular weight is 240 g/mol. The molecule has 0 aliphatic heterocycles. The van der Waals surface area contributed by atoms with Gasteiger partial charge in [0.05, 0.1) is 0 Å². The Kier molecular flexibility index (Phi) is 2.83. The summed E-state index contributed by atoms with van der Waals surface area (Å²) in [6, 6.07) is 10.1. The quantitative estimate of drug-likeness (QED) is 0.739. The summed E-state index contributed by atoms with van der Waals surface area (Å²) in [5.74, 6) is 1.57. The summed E-state index contributed by atoms with van der Waals surface area (Å²) < 4.78 is 1.70. The van der Waals surface area contributed by atoms with Gasteiger partial charge in [0, 0.05) is 6.42 Å². The summed E-state index contributed by atoms with van der Waals surface area (Å²) in [5.41, 5.74) is 1.20. The monoisotopic (exact) mass is 240 g/mol. The fourth-order valence-electron chi connectivity index (χ4n) is 1.73. The maximum absolute atomic E-state index is 4.43. The van der Waals surface area contributed by atoms with E-state index in [1.807, 2.05) is 18.2 Å². The van der Waals surface area contributed by atoms with Crippen LogP contribution in [0.1, 0.15) is 17.2 Å². The molecule has 1 N–H and O–H groups in total. The van der Waals surface area contributed by atoms with Crippen LogP contribution in [0.25, 0.3) is 0 Å². The first kappa shape index (κ1) is 10.6. The summed E-state index contributed by atoms with van der Waals surface area (Å²) in [6.45, 7) is 0.557. The van der Waals surface area contributed by atoms with Crippen LogP contribution < -0.4 is 0 Å². The Labute approximate surface area is 104 Å². The molecule has 0 saturated carbocycles. The molecule has 2 heterocycles. The Balaban J connectivity index is 1.70. The highest BCUT2D eigenvalue weighted by molar-refractivity contribution is 5.18. The van der Waals surface area contributed by atoms with E-state index in [4.69, 9.17) is 0 Å². The van der Waals surface area contributed by atoms with Crippen LogP contribution in [0, 0.1) is 0 Å². The molecular weight excluding hydrogens is 228 g/mol. The first-order chi connectivity index (χ1) is 8.90. The van der Waals surface area contributed by atoms with E-state index in [0.717, 1.165) is 18.1 Å². The van der Waals surface area contributed by atoms with Gasteiger partial charge in [0.1, 0.15) is 25.0 Å². The van der Waals surface area contributed by atoms with Gasteiger partial charge in [-0.15, -0.1) is 0 Å². The number of aromatic amines is 1. The van der Waals surface area contributed by atoms with Crippen LogP contribution in [-0.2, 0) is 13.0 Å². The molecule has 6 nitrogen and oxygen atoms in total. The predicted octanol–water partition coefficient (Wildman–Crippen LogP) is 1.04. The maximum atomic E-state index is 4.43. The standard InChI is InChI=1S/C12H12N6/c1-2-4-10(5-3-1)6-11-15-12(17-16-11)7-18-9-13-8-14-18/h1-5,8-9H,6-7H2,(H,15,16,17). The van der Waals surface area contributed by atoms with Crippen molar-refractivity contribution in [2.75, 3.05) is 0 Å². The zero-order valence-corrected chi connectivity index (χ0v) is 9.69. The van der Waals surface area contributed by atoms with Crippen molar-refractivity contribution in [3.05, 3.63) is 60.2 Å². The predicted molar refractivity (Wildman–Crippen MR) is 64.8 cm³/mol. The normalized spacial score (nSPS) is 10.7. The Hall–Kier alpha value is -2.50. The van der Waals surface area contributed by atoms with Crippen LogP contribution >= 0.6 is 0 Å². The molecule has 3 rings (SSSR count). The Morgan fingerprint density at radius 1 is 1.17 bits per heavy atom. The van der Waals surface area contributed by atoms with Crippen LogP contribution in [0.4, 0.5) is 0 Å². The fraction of sp³-hybridized carbons (Fsp3) is 0.167. The molecule has 0 atom stereocenters. The number of benzene rings is 1. The molecule has 3 aromatic rings. The van der Waals surface area contributed by atoms with Crippen molar-refractivity contribution in [1.29, 1.82) is 0 Å². The van der Waals surface area contributed by atoms with Crippen LogP contribution in [0.5, 0.6) is 0 Å². The molecule has 1 aromatic carbocycles. The van der Waals surface area contributed by atoms with Gasteiger partial charge in [-0.1, -0.05) is 30.3 Å². The van der Waals surface area contributed by atoms with Gasteiger partial charge < -0.3 is 0 Å². The largest absolute Gasteiger partial charge is 0.261 e. The number of aromatic nitrogens is 6. The molecule has 2 aromatic heterocycles. The first-order valence-electron chi connectivity index (χ1n) is 5.66. The minimum absolute atomic E-state index is 0.557. The summed E-state index contributed by atoms with van der Waals surface area (Å²) in [4.78, 5) is 8.31. The second-order valence-corrected chi connectivity index (χ2v) is 3.95. The van der Waals surface area contributed by atoms with E-state index < -0.39 is 0 Å². The van der Waals surface area contributed by atoms with Gasteiger partial charge in [0.15, 0.2) is 5.82 Å². The van der Waals surface area contributed by atoms with Crippen LogP contribution in [0.3, 0.4) is 0 Å². The number of nitrogens with zero attached hydrogens (tertiary/aromatic N) is 5. The zero-order valence-electron chi connectivity index (χ0n) is 9.69. The average Bonchev–Trinajstić information content (AvgIpc) is 3.03. The summed E-state index contributed by atoms with van der Waals surface area (Å²) in [5, 5.41) is 11.1. The Morgan fingerprint density at radius 2 is 2.06 bits per heavy atom. The molecule has 6 heteroatoms. The lowest BCUT2D eigenvalue weighted by molar-refractivity contribution is 0.655. The molecule has 0 unspecified atom stereocenters. The fourth-order valence-corrected chi connectivity index (χ4v) is 1.73. The molecule has 0 spiro atoms. The van der Waals surface area contributed by atoms with Crippen molar-refractivity contribution in [2.24, 2.45) is 0 Å². The van der Waals surface area contributed by atoms with E-state index in [9.17, 15) is 0 Å². The van der Waals surface area contributed by atoms with Gasteiger partial charge in [0.2, 0.25) is 0 Å². The molecule has 0 saturated heterocycles. The minimum atomic E-state index is 0.557. The number of hydrogen-bond donors (Lipinski definition) is 1. The van der Waals surface area contributed by atoms with Gasteiger partial charge >= 0.3 is 0 Å². The van der Waals surface area contributed by atoms with Gasteiger partial charge in [-0.25, -0.2) is 14.6 Å². The maximum Gasteiger partial charge on any atom is 0.155 e. The zero-order chi connectivity index (χ0) is 12.2. The van der Waals surface area contributed by atoms with E-state index in [2.05, 4.69) is 37.4 Å². The van der Waals surface area contributed by atoms with E-state index in [1.54, 1.807) is 11.0 Å². The lowest BCUT2D eigenvalue weighted by Gasteiger charge is -1.95. The molecule has 90 valence electrons. The third kappa shape index (κ3) is 2.42. The van der Waals surface area contributed by atoms with Crippen molar-refractivity contribution in [3.63, 3.8) is 0 Å². The lowest BCUT2D eigenvalue weighted by Crippen LogP contribution is -2.01. The van der Waals surface area contributed by atoms with E-state index in [0.29, 0.717) is 6.54 Å². The first-order valence-corrected chi connectivity index (χ1v) is 5.66. The molecular formula is C12H12N6. The molecule has 0 fully saturated rings. The van der Waals surface area contributed by atoms with Crippen molar-refractivity contribution >= 4 is 0 Å². The molecule has 0 amide bonds. The summed E-state index contributed by atoms with van der Waals surface area (Å²) in [7, 11) is 0. The number of nitrogens with one attached hydrogen (secondary N) is 1. The van der Waals surface area contributed by atoms with Gasteiger partial charge in [0.25, 0.3) is 0 Å². The van der Waals surface area contributed by atoms with Crippen LogP contribution in [0.15, 0.2) is 43.0 Å². The second kappa shape index (κ2) is 4.79. The van der Waals surface area contributed by atoms with Crippen molar-refractivity contribution < 1.29 is 0 Å². The van der Waals surface area contributed by atoms with E-state index in [-0.39, 0.29) is 0 Å². The molecule has 0 aliphatic carbocycles. The molecule has 0 radical (unpaired) electrons. The molecule has 18 heavy (non-hydrogen) atoms. The van der Waals surface area contributed by atoms with Gasteiger partial charge in [-0.3, -0.25) is 5.10 Å². The topological polar surface area (TPSA) is 72.3 Å². The van der Waals surface area contributed by atoms with Gasteiger partial charge in [-0.2, -0.15) is 10.2 Å². The van der Waals surface area contributed by atoms with Crippen molar-refractivity contribution in [3.8, 4) is 0 Å². The lowest BCUT2D eigenvalue weighted by atomic mass is 10.1.